The van der Waals surface area contributed by atoms with E-state index in [0.717, 1.165) is 30.5 Å². The van der Waals surface area contributed by atoms with Gasteiger partial charge in [0.25, 0.3) is 5.91 Å². The van der Waals surface area contributed by atoms with E-state index >= 15 is 0 Å². The van der Waals surface area contributed by atoms with Gasteiger partial charge in [0.1, 0.15) is 11.6 Å². The first kappa shape index (κ1) is 22.2. The van der Waals surface area contributed by atoms with E-state index in [2.05, 4.69) is 10.6 Å². The maximum Gasteiger partial charge on any atom is 0.501 e. The second-order valence-electron chi connectivity index (χ2n) is 8.59. The van der Waals surface area contributed by atoms with Crippen LogP contribution in [-0.2, 0) is 23.4 Å². The van der Waals surface area contributed by atoms with E-state index in [0.29, 0.717) is 40.7 Å². The molecule has 2 aliphatic rings. The zero-order valence-electron chi connectivity index (χ0n) is 19.2. The number of nitrogens with zero attached hydrogens (tertiary/aromatic N) is 3. The van der Waals surface area contributed by atoms with Crippen molar-refractivity contribution in [1.29, 1.82) is 0 Å². The summed E-state index contributed by atoms with van der Waals surface area (Å²) in [6.45, 7) is 3.04. The lowest BCUT2D eigenvalue weighted by atomic mass is 10.1. The van der Waals surface area contributed by atoms with Crippen molar-refractivity contribution in [3.05, 3.63) is 64.8 Å². The molecule has 4 aromatic rings. The zero-order valence-corrected chi connectivity index (χ0v) is 20.1. The van der Waals surface area contributed by atoms with Crippen LogP contribution in [0.5, 0.6) is 11.5 Å². The second kappa shape index (κ2) is 8.12. The molecule has 2 aromatic heterocycles. The molecule has 0 saturated carbocycles. The van der Waals surface area contributed by atoms with Crippen LogP contribution >= 0.6 is 0 Å². The average molecular weight is 507 g/mol. The number of hydrogen-bond donors (Lipinski definition) is 3. The largest absolute Gasteiger partial charge is 0.501 e. The Labute approximate surface area is 206 Å². The molecule has 11 nitrogen and oxygen atoms in total. The van der Waals surface area contributed by atoms with E-state index < -0.39 is 16.3 Å². The van der Waals surface area contributed by atoms with Gasteiger partial charge in [-0.2, -0.15) is 9.97 Å². The molecule has 184 valence electrons. The predicted molar refractivity (Wildman–Crippen MR) is 133 cm³/mol. The molecule has 12 heteroatoms. The number of fused-ring (bicyclic) bond motifs is 1. The van der Waals surface area contributed by atoms with Gasteiger partial charge < -0.3 is 24.7 Å². The third-order valence-electron chi connectivity index (χ3n) is 6.30. The average Bonchev–Trinajstić information content (AvgIpc) is 3.14. The summed E-state index contributed by atoms with van der Waals surface area (Å²) in [5.74, 6) is 0.764. The number of nitrogens with two attached hydrogens (primary N) is 1. The minimum Gasteiger partial charge on any atom is -0.370 e. The van der Waals surface area contributed by atoms with E-state index in [4.69, 9.17) is 24.1 Å². The van der Waals surface area contributed by atoms with Gasteiger partial charge in [-0.3, -0.25) is 9.36 Å². The summed E-state index contributed by atoms with van der Waals surface area (Å²) in [7, 11) is -4.44. The molecule has 0 saturated heterocycles. The smallest absolute Gasteiger partial charge is 0.370 e. The van der Waals surface area contributed by atoms with Gasteiger partial charge in [-0.15, -0.1) is 8.42 Å². The molecule has 1 amide bonds. The van der Waals surface area contributed by atoms with Crippen LogP contribution in [0, 0.1) is 6.92 Å². The van der Waals surface area contributed by atoms with Crippen molar-refractivity contribution < 1.29 is 21.6 Å². The number of primary amides is 1. The Kier molecular flexibility index (Phi) is 5.00. The summed E-state index contributed by atoms with van der Waals surface area (Å²) in [6, 6.07) is 13.0. The maximum atomic E-state index is 12.3. The highest BCUT2D eigenvalue weighted by atomic mass is 32.3. The second-order valence-corrected chi connectivity index (χ2v) is 9.74. The van der Waals surface area contributed by atoms with Crippen molar-refractivity contribution in [2.24, 2.45) is 5.73 Å². The van der Waals surface area contributed by atoms with Gasteiger partial charge in [-0.1, -0.05) is 30.3 Å². The lowest BCUT2D eigenvalue weighted by Gasteiger charge is -2.21. The lowest BCUT2D eigenvalue weighted by molar-refractivity contribution is 0.0999. The van der Waals surface area contributed by atoms with Crippen molar-refractivity contribution in [2.45, 2.75) is 26.3 Å². The monoisotopic (exact) mass is 506 g/mol. The Hall–Kier alpha value is -4.32. The van der Waals surface area contributed by atoms with Crippen molar-refractivity contribution in [3.63, 3.8) is 0 Å². The van der Waals surface area contributed by atoms with Crippen LogP contribution < -0.4 is 24.7 Å². The Morgan fingerprint density at radius 3 is 2.69 bits per heavy atom. The number of aromatic nitrogens is 3. The fourth-order valence-electron chi connectivity index (χ4n) is 4.66. The SMILES string of the molecule is Cc1c2c3c(c(C(N)=O)ccc3n1-c1nc3c(c(NCc4ccccc4)n1)CCCN3)OS(=O)(=O)O2. The van der Waals surface area contributed by atoms with E-state index in [1.54, 1.807) is 17.6 Å². The molecule has 2 aliphatic heterocycles. The van der Waals surface area contributed by atoms with Crippen LogP contribution in [0.3, 0.4) is 0 Å². The highest BCUT2D eigenvalue weighted by molar-refractivity contribution is 7.82. The first-order chi connectivity index (χ1) is 17.3. The molecule has 0 aliphatic carbocycles. The molecule has 4 N–H and O–H groups in total. The molecule has 36 heavy (non-hydrogen) atoms. The van der Waals surface area contributed by atoms with Crippen molar-refractivity contribution in [1.82, 2.24) is 14.5 Å². The first-order valence-electron chi connectivity index (χ1n) is 11.4. The van der Waals surface area contributed by atoms with Gasteiger partial charge in [0.2, 0.25) is 5.95 Å². The third kappa shape index (κ3) is 3.57. The molecule has 0 atom stereocenters. The highest BCUT2D eigenvalue weighted by Gasteiger charge is 2.35. The van der Waals surface area contributed by atoms with E-state index in [1.807, 2.05) is 30.3 Å². The van der Waals surface area contributed by atoms with E-state index in [-0.39, 0.29) is 17.1 Å². The lowest BCUT2D eigenvalue weighted by Crippen LogP contribution is -2.23. The van der Waals surface area contributed by atoms with Gasteiger partial charge >= 0.3 is 10.4 Å². The quantitative estimate of drug-likeness (QED) is 0.371. The number of nitrogens with one attached hydrogen (secondary N) is 2. The molecular weight excluding hydrogens is 484 g/mol. The van der Waals surface area contributed by atoms with Crippen LogP contribution in [0.25, 0.3) is 16.9 Å². The number of benzene rings is 2. The molecule has 6 rings (SSSR count). The van der Waals surface area contributed by atoms with Gasteiger partial charge in [0.15, 0.2) is 11.5 Å². The fourth-order valence-corrected chi connectivity index (χ4v) is 5.48. The van der Waals surface area contributed by atoms with Gasteiger partial charge in [0, 0.05) is 18.7 Å². The van der Waals surface area contributed by atoms with Gasteiger partial charge in [-0.05, 0) is 37.5 Å². The van der Waals surface area contributed by atoms with E-state index in [1.165, 1.54) is 6.07 Å². The normalized spacial score (nSPS) is 15.4. The van der Waals surface area contributed by atoms with Crippen LogP contribution in [0.1, 0.15) is 33.6 Å². The Morgan fingerprint density at radius 2 is 1.92 bits per heavy atom. The number of amides is 1. The predicted octanol–water partition coefficient (Wildman–Crippen LogP) is 2.81. The van der Waals surface area contributed by atoms with Crippen molar-refractivity contribution in [3.8, 4) is 17.4 Å². The number of anilines is 2. The topological polar surface area (TPSA) is 150 Å². The summed E-state index contributed by atoms with van der Waals surface area (Å²) in [4.78, 5) is 21.6. The Bertz CT molecular complexity index is 1650. The van der Waals surface area contributed by atoms with Crippen LogP contribution in [0.4, 0.5) is 11.6 Å². The molecule has 0 bridgehead atoms. The summed E-state index contributed by atoms with van der Waals surface area (Å²) < 4.78 is 36.6. The van der Waals surface area contributed by atoms with Crippen molar-refractivity contribution in [2.75, 3.05) is 17.2 Å². The van der Waals surface area contributed by atoms with Crippen molar-refractivity contribution >= 4 is 38.8 Å². The zero-order chi connectivity index (χ0) is 25.0. The summed E-state index contributed by atoms with van der Waals surface area (Å²) in [5, 5.41) is 7.09. The minimum absolute atomic E-state index is 0.0439. The molecule has 0 unspecified atom stereocenters. The van der Waals surface area contributed by atoms with Crippen LogP contribution in [0.15, 0.2) is 42.5 Å². The summed E-state index contributed by atoms with van der Waals surface area (Å²) in [6.07, 6.45) is 1.77. The fraction of sp³-hybridized carbons (Fsp3) is 0.208. The van der Waals surface area contributed by atoms with Gasteiger partial charge in [-0.25, -0.2) is 0 Å². The summed E-state index contributed by atoms with van der Waals surface area (Å²) >= 11 is 0. The Morgan fingerprint density at radius 1 is 1.14 bits per heavy atom. The van der Waals surface area contributed by atoms with Gasteiger partial charge in [0.05, 0.1) is 22.2 Å². The maximum absolute atomic E-state index is 12.3. The van der Waals surface area contributed by atoms with Crippen LogP contribution in [0.2, 0.25) is 0 Å². The molecule has 0 spiro atoms. The molecule has 4 heterocycles. The highest BCUT2D eigenvalue weighted by Crippen LogP contribution is 2.46. The number of rotatable bonds is 5. The van der Waals surface area contributed by atoms with Crippen LogP contribution in [-0.4, -0.2) is 35.4 Å². The Balaban J connectivity index is 1.54. The standard InChI is InChI=1S/C24H22N6O5S/c1-13-19-18-17(10-9-15(21(25)31)20(18)35-36(32,33)34-19)30(13)24-28-22-16(8-5-11-26-22)23(29-24)27-12-14-6-3-2-4-7-14/h2-4,6-7,9-10H,5,8,11-12H2,1H3,(H2,25,31)(H2,26,27,28,29). The summed E-state index contributed by atoms with van der Waals surface area (Å²) in [5.41, 5.74) is 8.45. The number of carbonyl (C=O) groups excluding carboxylic acids is 1. The molecule has 2 aromatic carbocycles. The minimum atomic E-state index is -4.44. The number of carbonyl (C=O) groups is 1. The van der Waals surface area contributed by atoms with E-state index in [9.17, 15) is 13.2 Å². The third-order valence-corrected chi connectivity index (χ3v) is 7.04. The molecular formula is C24H22N6O5S. The molecule has 0 fully saturated rings. The molecule has 0 radical (unpaired) electrons. The number of hydrogen-bond acceptors (Lipinski definition) is 9. The first-order valence-corrected chi connectivity index (χ1v) is 12.7.